The van der Waals surface area contributed by atoms with Crippen LogP contribution >= 0.6 is 0 Å². The summed E-state index contributed by atoms with van der Waals surface area (Å²) in [4.78, 5) is 44.5. The van der Waals surface area contributed by atoms with Gasteiger partial charge >= 0.3 is 0 Å². The minimum Gasteiger partial charge on any atom is -0.476 e. The number of carbonyl (C=O) groups is 2. The predicted molar refractivity (Wildman–Crippen MR) is 164 cm³/mol. The van der Waals surface area contributed by atoms with Crippen molar-refractivity contribution in [2.45, 2.75) is 57.2 Å². The number of amides is 2. The summed E-state index contributed by atoms with van der Waals surface area (Å²) in [5.74, 6) is 0.492. The van der Waals surface area contributed by atoms with E-state index in [4.69, 9.17) is 9.72 Å². The second-order valence-corrected chi connectivity index (χ2v) is 12.1. The molecule has 0 saturated carbocycles. The van der Waals surface area contributed by atoms with E-state index in [1.165, 1.54) is 17.2 Å². The molecule has 0 spiro atoms. The zero-order valence-corrected chi connectivity index (χ0v) is 25.5. The van der Waals surface area contributed by atoms with Gasteiger partial charge in [0.25, 0.3) is 0 Å². The number of rotatable bonds is 7. The van der Waals surface area contributed by atoms with Crippen molar-refractivity contribution in [2.24, 2.45) is 0 Å². The van der Waals surface area contributed by atoms with Crippen LogP contribution in [0.5, 0.6) is 5.88 Å². The Kier molecular flexibility index (Phi) is 8.40. The van der Waals surface area contributed by atoms with Gasteiger partial charge in [-0.2, -0.15) is 5.26 Å². The lowest BCUT2D eigenvalue weighted by atomic mass is 9.98. The normalized spacial score (nSPS) is 22.0. The van der Waals surface area contributed by atoms with E-state index < -0.39 is 5.82 Å². The summed E-state index contributed by atoms with van der Waals surface area (Å²) in [5, 5.41) is 9.53. The molecule has 44 heavy (non-hydrogen) atoms. The number of carbonyl (C=O) groups excluding carboxylic acids is 2. The van der Waals surface area contributed by atoms with Gasteiger partial charge in [0.2, 0.25) is 17.7 Å². The van der Waals surface area contributed by atoms with Gasteiger partial charge in [0.05, 0.1) is 42.7 Å². The number of halogens is 1. The molecule has 12 heteroatoms. The first-order chi connectivity index (χ1) is 21.3. The molecule has 2 aromatic rings. The Labute approximate surface area is 257 Å². The minimum atomic E-state index is -0.394. The molecule has 2 amide bonds. The summed E-state index contributed by atoms with van der Waals surface area (Å²) in [5.41, 5.74) is 3.98. The Morgan fingerprint density at radius 3 is 2.75 bits per heavy atom. The molecule has 4 aliphatic rings. The molecule has 2 atom stereocenters. The van der Waals surface area contributed by atoms with Crippen LogP contribution in [0.1, 0.15) is 42.5 Å². The molecule has 2 aromatic heterocycles. The van der Waals surface area contributed by atoms with Crippen molar-refractivity contribution in [1.29, 1.82) is 5.26 Å². The largest absolute Gasteiger partial charge is 0.476 e. The van der Waals surface area contributed by atoms with Crippen LogP contribution in [0.4, 0.5) is 21.6 Å². The maximum Gasteiger partial charge on any atom is 0.246 e. The SMILES string of the molecule is C=CC(=O)N1CCN(c2cc(OC[C@@H]3CCCN3C)nc3c2CCN(c2ncc(F)c4c2N(C)C(=O)CC4)C3)C[C@@H]1CC#N. The zero-order chi connectivity index (χ0) is 31.0. The highest BCUT2D eigenvalue weighted by Crippen LogP contribution is 2.40. The van der Waals surface area contributed by atoms with Crippen molar-refractivity contribution < 1.29 is 18.7 Å². The van der Waals surface area contributed by atoms with Gasteiger partial charge in [-0.15, -0.1) is 0 Å². The van der Waals surface area contributed by atoms with Gasteiger partial charge in [0.1, 0.15) is 12.4 Å². The third kappa shape index (κ3) is 5.56. The number of hydrogen-bond donors (Lipinski definition) is 0. The van der Waals surface area contributed by atoms with Crippen LogP contribution in [-0.2, 0) is 29.0 Å². The number of nitrogens with zero attached hydrogens (tertiary/aromatic N) is 8. The molecule has 0 aliphatic carbocycles. The number of anilines is 3. The summed E-state index contributed by atoms with van der Waals surface area (Å²) < 4.78 is 21.1. The molecule has 6 rings (SSSR count). The van der Waals surface area contributed by atoms with Gasteiger partial charge in [-0.1, -0.05) is 6.58 Å². The van der Waals surface area contributed by atoms with Gasteiger partial charge in [0, 0.05) is 68.6 Å². The summed E-state index contributed by atoms with van der Waals surface area (Å²) in [7, 11) is 3.79. The van der Waals surface area contributed by atoms with Crippen molar-refractivity contribution in [1.82, 2.24) is 19.8 Å². The Morgan fingerprint density at radius 2 is 2.00 bits per heavy atom. The third-order valence-electron chi connectivity index (χ3n) is 9.52. The molecular weight excluding hydrogens is 563 g/mol. The lowest BCUT2D eigenvalue weighted by Gasteiger charge is -2.43. The molecule has 0 bridgehead atoms. The van der Waals surface area contributed by atoms with E-state index in [1.807, 2.05) is 6.07 Å². The number of likely N-dealkylation sites (tertiary alicyclic amines) is 1. The van der Waals surface area contributed by atoms with Crippen molar-refractivity contribution >= 4 is 29.0 Å². The highest BCUT2D eigenvalue weighted by atomic mass is 19.1. The Hall–Kier alpha value is -4.24. The van der Waals surface area contributed by atoms with Crippen molar-refractivity contribution in [3.05, 3.63) is 47.6 Å². The number of ether oxygens (including phenoxy) is 1. The molecule has 0 unspecified atom stereocenters. The smallest absolute Gasteiger partial charge is 0.246 e. The van der Waals surface area contributed by atoms with Crippen molar-refractivity contribution in [2.75, 3.05) is 68.1 Å². The topological polar surface area (TPSA) is 109 Å². The van der Waals surface area contributed by atoms with E-state index in [1.54, 1.807) is 11.9 Å². The van der Waals surface area contributed by atoms with E-state index in [-0.39, 0.29) is 30.7 Å². The van der Waals surface area contributed by atoms with E-state index in [2.05, 4.69) is 39.4 Å². The molecule has 2 saturated heterocycles. The van der Waals surface area contributed by atoms with Gasteiger partial charge in [-0.05, 0) is 45.4 Å². The van der Waals surface area contributed by atoms with Crippen LogP contribution < -0.4 is 19.4 Å². The molecule has 6 heterocycles. The van der Waals surface area contributed by atoms with Crippen molar-refractivity contribution in [3.8, 4) is 11.9 Å². The van der Waals surface area contributed by atoms with Gasteiger partial charge < -0.3 is 29.2 Å². The lowest BCUT2D eigenvalue weighted by Crippen LogP contribution is -2.55. The summed E-state index contributed by atoms with van der Waals surface area (Å²) in [6.07, 6.45) is 6.28. The fraction of sp³-hybridized carbons (Fsp3) is 0.531. The number of fused-ring (bicyclic) bond motifs is 2. The number of aromatic nitrogens is 2. The lowest BCUT2D eigenvalue weighted by molar-refractivity contribution is -0.128. The quantitative estimate of drug-likeness (QED) is 0.442. The minimum absolute atomic E-state index is 0.0578. The summed E-state index contributed by atoms with van der Waals surface area (Å²) in [6, 6.07) is 4.31. The second kappa shape index (κ2) is 12.4. The highest BCUT2D eigenvalue weighted by molar-refractivity contribution is 5.99. The maximum absolute atomic E-state index is 14.8. The number of nitriles is 1. The predicted octanol–water partition coefficient (Wildman–Crippen LogP) is 2.68. The first-order valence-corrected chi connectivity index (χ1v) is 15.4. The van der Waals surface area contributed by atoms with Crippen molar-refractivity contribution in [3.63, 3.8) is 0 Å². The average Bonchev–Trinajstić information content (AvgIpc) is 3.45. The molecule has 0 radical (unpaired) electrons. The molecule has 11 nitrogen and oxygen atoms in total. The Morgan fingerprint density at radius 1 is 1.16 bits per heavy atom. The first kappa shape index (κ1) is 29.8. The van der Waals surface area contributed by atoms with Crippen LogP contribution in [0, 0.1) is 17.1 Å². The number of pyridine rings is 2. The first-order valence-electron chi connectivity index (χ1n) is 15.4. The molecule has 232 valence electrons. The number of piperazine rings is 1. The fourth-order valence-corrected chi connectivity index (χ4v) is 7.02. The molecular formula is C32H39FN8O3. The Bertz CT molecular complexity index is 1510. The second-order valence-electron chi connectivity index (χ2n) is 12.1. The van der Waals surface area contributed by atoms with Crippen LogP contribution in [-0.4, -0.2) is 97.1 Å². The standard InChI is InChI=1S/C32H39FN8O3/c1-4-29(42)41-15-14-39(18-21(41)9-11-34)27-16-28(44-20-22-6-5-12-37(22)2)36-26-19-40(13-10-24(26)27)32-31-23(25(33)17-35-32)7-8-30(43)38(31)3/h4,16-17,21-22H,1,5-10,12-15,18-20H2,2-3H3/t21-,22-/m0/s1. The van der Waals surface area contributed by atoms with Gasteiger partial charge in [-0.3, -0.25) is 9.59 Å². The monoisotopic (exact) mass is 602 g/mol. The van der Waals surface area contributed by atoms with Crippen LogP contribution in [0.15, 0.2) is 24.9 Å². The van der Waals surface area contributed by atoms with Crippen LogP contribution in [0.25, 0.3) is 0 Å². The van der Waals surface area contributed by atoms with E-state index in [0.29, 0.717) is 81.2 Å². The zero-order valence-electron chi connectivity index (χ0n) is 25.5. The number of hydrogen-bond acceptors (Lipinski definition) is 9. The highest BCUT2D eigenvalue weighted by Gasteiger charge is 2.35. The third-order valence-corrected chi connectivity index (χ3v) is 9.52. The average molecular weight is 603 g/mol. The fourth-order valence-electron chi connectivity index (χ4n) is 7.02. The summed E-state index contributed by atoms with van der Waals surface area (Å²) >= 11 is 0. The van der Waals surface area contributed by atoms with E-state index >= 15 is 0 Å². The summed E-state index contributed by atoms with van der Waals surface area (Å²) in [6.45, 7) is 7.85. The van der Waals surface area contributed by atoms with E-state index in [0.717, 1.165) is 36.3 Å². The van der Waals surface area contributed by atoms with Crippen LogP contribution in [0.3, 0.4) is 0 Å². The Balaban J connectivity index is 1.34. The van der Waals surface area contributed by atoms with Gasteiger partial charge in [0.15, 0.2) is 5.82 Å². The van der Waals surface area contributed by atoms with Crippen LogP contribution in [0.2, 0.25) is 0 Å². The van der Waals surface area contributed by atoms with Gasteiger partial charge in [-0.25, -0.2) is 14.4 Å². The molecule has 2 fully saturated rings. The van der Waals surface area contributed by atoms with E-state index in [9.17, 15) is 19.2 Å². The maximum atomic E-state index is 14.8. The molecule has 0 aromatic carbocycles. The molecule has 0 N–H and O–H groups in total. The number of likely N-dealkylation sites (N-methyl/N-ethyl adjacent to an activating group) is 1. The molecule has 4 aliphatic heterocycles.